The van der Waals surface area contributed by atoms with E-state index in [9.17, 15) is 9.59 Å². The van der Waals surface area contributed by atoms with E-state index in [0.29, 0.717) is 47.8 Å². The van der Waals surface area contributed by atoms with Crippen LogP contribution in [0.1, 0.15) is 54.4 Å². The number of nitrogens with zero attached hydrogens (tertiary/aromatic N) is 2. The number of para-hydroxylation sites is 1. The fourth-order valence-corrected chi connectivity index (χ4v) is 4.40. The van der Waals surface area contributed by atoms with Crippen molar-refractivity contribution in [2.24, 2.45) is 0 Å². The molecule has 7 nitrogen and oxygen atoms in total. The Bertz CT molecular complexity index is 1230. The van der Waals surface area contributed by atoms with Crippen molar-refractivity contribution >= 4 is 16.9 Å². The van der Waals surface area contributed by atoms with E-state index in [1.165, 1.54) is 0 Å². The predicted molar refractivity (Wildman–Crippen MR) is 132 cm³/mol. The van der Waals surface area contributed by atoms with Crippen LogP contribution in [0.5, 0.6) is 11.5 Å². The summed E-state index contributed by atoms with van der Waals surface area (Å²) in [6.07, 6.45) is 1.65. The van der Waals surface area contributed by atoms with Gasteiger partial charge in [0.05, 0.1) is 30.2 Å². The highest BCUT2D eigenvalue weighted by atomic mass is 16.5. The molecule has 2 heterocycles. The fourth-order valence-electron chi connectivity index (χ4n) is 4.40. The zero-order chi connectivity index (χ0) is 24.2. The Morgan fingerprint density at radius 2 is 1.82 bits per heavy atom. The fraction of sp³-hybridized carbons (Fsp3) is 0.407. The normalized spacial score (nSPS) is 15.3. The monoisotopic (exact) mass is 464 g/mol. The molecule has 1 unspecified atom stereocenters. The van der Waals surface area contributed by atoms with Crippen molar-refractivity contribution in [3.05, 3.63) is 69.6 Å². The molecule has 0 saturated heterocycles. The molecule has 3 aromatic rings. The molecule has 0 spiro atoms. The maximum absolute atomic E-state index is 13.6. The van der Waals surface area contributed by atoms with Crippen LogP contribution in [-0.2, 0) is 0 Å². The molecule has 1 atom stereocenters. The van der Waals surface area contributed by atoms with Gasteiger partial charge in [0.25, 0.3) is 5.91 Å². The first-order valence-corrected chi connectivity index (χ1v) is 11.9. The molecule has 2 aromatic carbocycles. The summed E-state index contributed by atoms with van der Waals surface area (Å²) in [6, 6.07) is 12.2. The molecule has 4 rings (SSSR count). The van der Waals surface area contributed by atoms with Gasteiger partial charge in [0.2, 0.25) is 5.76 Å². The Balaban J connectivity index is 1.84. The maximum atomic E-state index is 13.6. The van der Waals surface area contributed by atoms with Crippen LogP contribution >= 0.6 is 0 Å². The van der Waals surface area contributed by atoms with Gasteiger partial charge in [-0.05, 0) is 70.2 Å². The number of amides is 1. The van der Waals surface area contributed by atoms with Gasteiger partial charge in [0.15, 0.2) is 16.9 Å². The lowest BCUT2D eigenvalue weighted by atomic mass is 9.98. The topological polar surface area (TPSA) is 72.2 Å². The Morgan fingerprint density at radius 1 is 1.03 bits per heavy atom. The summed E-state index contributed by atoms with van der Waals surface area (Å²) < 4.78 is 17.7. The quantitative estimate of drug-likeness (QED) is 0.441. The zero-order valence-electron chi connectivity index (χ0n) is 20.3. The molecule has 180 valence electrons. The molecule has 34 heavy (non-hydrogen) atoms. The zero-order valence-corrected chi connectivity index (χ0v) is 20.3. The van der Waals surface area contributed by atoms with Gasteiger partial charge in [0, 0.05) is 6.54 Å². The van der Waals surface area contributed by atoms with E-state index < -0.39 is 6.04 Å². The van der Waals surface area contributed by atoms with E-state index in [0.717, 1.165) is 24.9 Å². The molecule has 1 aromatic heterocycles. The van der Waals surface area contributed by atoms with E-state index in [4.69, 9.17) is 13.9 Å². The van der Waals surface area contributed by atoms with Crippen LogP contribution in [0.25, 0.3) is 11.0 Å². The molecule has 0 bridgehead atoms. The summed E-state index contributed by atoms with van der Waals surface area (Å²) >= 11 is 0. The number of rotatable bonds is 10. The van der Waals surface area contributed by atoms with E-state index in [2.05, 4.69) is 4.90 Å². The smallest absolute Gasteiger partial charge is 0.290 e. The maximum Gasteiger partial charge on any atom is 0.290 e. The van der Waals surface area contributed by atoms with Crippen LogP contribution in [0.2, 0.25) is 0 Å². The molecule has 0 radical (unpaired) electrons. The van der Waals surface area contributed by atoms with Crippen molar-refractivity contribution < 1.29 is 18.7 Å². The predicted octanol–water partition coefficient (Wildman–Crippen LogP) is 4.48. The molecule has 0 fully saturated rings. The number of hydrogen-bond acceptors (Lipinski definition) is 6. The van der Waals surface area contributed by atoms with Crippen LogP contribution in [-0.4, -0.2) is 56.1 Å². The highest BCUT2D eigenvalue weighted by molar-refractivity contribution is 5.99. The first-order valence-electron chi connectivity index (χ1n) is 11.9. The lowest BCUT2D eigenvalue weighted by molar-refractivity contribution is 0.0722. The van der Waals surface area contributed by atoms with Crippen molar-refractivity contribution in [3.63, 3.8) is 0 Å². The molecule has 7 heteroatoms. The van der Waals surface area contributed by atoms with E-state index >= 15 is 0 Å². The lowest BCUT2D eigenvalue weighted by Crippen LogP contribution is -2.32. The average Bonchev–Trinajstić information content (AvgIpc) is 3.10. The molecular weight excluding hydrogens is 432 g/mol. The van der Waals surface area contributed by atoms with Gasteiger partial charge in [-0.15, -0.1) is 0 Å². The molecular formula is C27H32N2O5. The second-order valence-electron chi connectivity index (χ2n) is 8.72. The van der Waals surface area contributed by atoms with Crippen molar-refractivity contribution in [1.29, 1.82) is 0 Å². The summed E-state index contributed by atoms with van der Waals surface area (Å²) in [7, 11) is 4.00. The van der Waals surface area contributed by atoms with Crippen LogP contribution < -0.4 is 14.9 Å². The number of carbonyl (C=O) groups excluding carboxylic acids is 1. The van der Waals surface area contributed by atoms with E-state index in [1.807, 2.05) is 46.1 Å². The van der Waals surface area contributed by atoms with Gasteiger partial charge < -0.3 is 23.7 Å². The Morgan fingerprint density at radius 3 is 2.56 bits per heavy atom. The van der Waals surface area contributed by atoms with Gasteiger partial charge in [-0.3, -0.25) is 9.59 Å². The highest BCUT2D eigenvalue weighted by Gasteiger charge is 2.42. The number of carbonyl (C=O) groups is 1. The summed E-state index contributed by atoms with van der Waals surface area (Å²) in [6.45, 7) is 6.34. The second kappa shape index (κ2) is 10.3. The van der Waals surface area contributed by atoms with Crippen LogP contribution in [0.15, 0.2) is 51.7 Å². The SMILES string of the molecule is CCCOc1ccc(C2c3c(oc4ccccc4c3=O)C(=O)N2CCCN(C)C)cc1OCC. The van der Waals surface area contributed by atoms with E-state index in [1.54, 1.807) is 29.2 Å². The van der Waals surface area contributed by atoms with Crippen molar-refractivity contribution in [1.82, 2.24) is 9.80 Å². The standard InChI is InChI=1S/C27H32N2O5/c1-5-16-33-21-13-12-18(17-22(21)32-6-2)24-23-25(30)19-10-7-8-11-20(19)34-26(23)27(31)29(24)15-9-14-28(3)4/h7-8,10-13,17,24H,5-6,9,14-16H2,1-4H3. The van der Waals surface area contributed by atoms with Gasteiger partial charge >= 0.3 is 0 Å². The third-order valence-corrected chi connectivity index (χ3v) is 5.92. The number of hydrogen-bond donors (Lipinski definition) is 0. The summed E-state index contributed by atoms with van der Waals surface area (Å²) in [4.78, 5) is 30.9. The molecule has 0 N–H and O–H groups in total. The van der Waals surface area contributed by atoms with Crippen molar-refractivity contribution in [2.45, 2.75) is 32.7 Å². The van der Waals surface area contributed by atoms with E-state index in [-0.39, 0.29) is 17.1 Å². The van der Waals surface area contributed by atoms with Crippen LogP contribution in [0.3, 0.4) is 0 Å². The van der Waals surface area contributed by atoms with Crippen LogP contribution in [0.4, 0.5) is 0 Å². The molecule has 1 aliphatic heterocycles. The number of benzene rings is 2. The highest BCUT2D eigenvalue weighted by Crippen LogP contribution is 2.41. The first kappa shape index (κ1) is 23.8. The number of fused-ring (bicyclic) bond motifs is 2. The molecule has 1 aliphatic rings. The third-order valence-electron chi connectivity index (χ3n) is 5.92. The summed E-state index contributed by atoms with van der Waals surface area (Å²) in [5.41, 5.74) is 1.44. The minimum atomic E-state index is -0.551. The minimum Gasteiger partial charge on any atom is -0.490 e. The first-order chi connectivity index (χ1) is 16.5. The summed E-state index contributed by atoms with van der Waals surface area (Å²) in [5.74, 6) is 1.13. The van der Waals surface area contributed by atoms with Gasteiger partial charge in [-0.2, -0.15) is 0 Å². The molecule has 1 amide bonds. The largest absolute Gasteiger partial charge is 0.490 e. The molecule has 0 saturated carbocycles. The lowest BCUT2D eigenvalue weighted by Gasteiger charge is -2.26. The minimum absolute atomic E-state index is 0.128. The Kier molecular flexibility index (Phi) is 7.22. The summed E-state index contributed by atoms with van der Waals surface area (Å²) in [5, 5.41) is 0.474. The molecule has 0 aliphatic carbocycles. The van der Waals surface area contributed by atoms with Gasteiger partial charge in [0.1, 0.15) is 5.58 Å². The third kappa shape index (κ3) is 4.53. The van der Waals surface area contributed by atoms with Gasteiger partial charge in [-0.1, -0.05) is 25.1 Å². The Labute approximate surface area is 199 Å². The second-order valence-corrected chi connectivity index (χ2v) is 8.72. The van der Waals surface area contributed by atoms with Gasteiger partial charge in [-0.25, -0.2) is 0 Å². The average molecular weight is 465 g/mol. The number of ether oxygens (including phenoxy) is 2. The van der Waals surface area contributed by atoms with Crippen molar-refractivity contribution in [3.8, 4) is 11.5 Å². The van der Waals surface area contributed by atoms with Crippen LogP contribution in [0, 0.1) is 0 Å². The van der Waals surface area contributed by atoms with Crippen molar-refractivity contribution in [2.75, 3.05) is 40.4 Å². The Hall–Kier alpha value is -3.32.